The van der Waals surface area contributed by atoms with Crippen molar-refractivity contribution >= 4 is 5.97 Å². The maximum absolute atomic E-state index is 13.0. The lowest BCUT2D eigenvalue weighted by molar-refractivity contribution is -0.139. The molecular formula is C23H19F3N2O3. The Bertz CT molecular complexity index is 1110. The van der Waals surface area contributed by atoms with Crippen LogP contribution in [-0.2, 0) is 20.4 Å². The summed E-state index contributed by atoms with van der Waals surface area (Å²) in [5, 5.41) is 9.60. The van der Waals surface area contributed by atoms with E-state index in [1.165, 1.54) is 6.07 Å². The molecule has 0 spiro atoms. The number of carbonyl (C=O) groups is 1. The molecule has 1 atom stereocenters. The minimum Gasteiger partial charge on any atom is -0.463 e. The van der Waals surface area contributed by atoms with Crippen LogP contribution in [0.5, 0.6) is 0 Å². The van der Waals surface area contributed by atoms with E-state index in [0.717, 1.165) is 12.1 Å². The van der Waals surface area contributed by atoms with Gasteiger partial charge < -0.3 is 15.2 Å². The van der Waals surface area contributed by atoms with Gasteiger partial charge in [0.25, 0.3) is 0 Å². The van der Waals surface area contributed by atoms with Gasteiger partial charge in [0, 0.05) is 0 Å². The second kappa shape index (κ2) is 8.56. The van der Waals surface area contributed by atoms with Gasteiger partial charge in [0.05, 0.1) is 23.7 Å². The molecule has 0 saturated carbocycles. The number of halogens is 3. The lowest BCUT2D eigenvalue weighted by Gasteiger charge is -2.27. The second-order valence-corrected chi connectivity index (χ2v) is 6.82. The first-order valence-electron chi connectivity index (χ1n) is 9.40. The molecule has 3 rings (SSSR count). The minimum absolute atomic E-state index is 0.0560. The van der Waals surface area contributed by atoms with Gasteiger partial charge in [-0.15, -0.1) is 0 Å². The van der Waals surface area contributed by atoms with Crippen molar-refractivity contribution in [2.45, 2.75) is 25.9 Å². The van der Waals surface area contributed by atoms with Crippen molar-refractivity contribution in [1.29, 1.82) is 5.26 Å². The SMILES string of the molecule is CCOC(=O)C1=C(C)OC(N)=C(C#N)C1c1ccc(-c2cccc(C(F)(F)F)c2)cc1. The molecule has 0 aliphatic carbocycles. The Labute approximate surface area is 177 Å². The third-order valence-electron chi connectivity index (χ3n) is 4.87. The summed E-state index contributed by atoms with van der Waals surface area (Å²) in [6.45, 7) is 3.35. The molecule has 160 valence electrons. The summed E-state index contributed by atoms with van der Waals surface area (Å²) in [6, 6.07) is 13.5. The standard InChI is InChI=1S/C23H19F3N2O3/c1-3-30-22(29)19-13(2)31-21(28)18(12-27)20(19)15-9-7-14(8-10-15)16-5-4-6-17(11-16)23(24,25)26/h4-11,20H,3,28H2,1-2H3. The molecule has 8 heteroatoms. The molecule has 2 aromatic rings. The molecule has 0 saturated heterocycles. The van der Waals surface area contributed by atoms with Crippen molar-refractivity contribution in [3.8, 4) is 17.2 Å². The van der Waals surface area contributed by atoms with Crippen molar-refractivity contribution in [2.75, 3.05) is 6.61 Å². The number of rotatable bonds is 4. The molecule has 0 amide bonds. The molecule has 0 radical (unpaired) electrons. The van der Waals surface area contributed by atoms with Crippen molar-refractivity contribution in [1.82, 2.24) is 0 Å². The number of hydrogen-bond donors (Lipinski definition) is 1. The molecule has 0 fully saturated rings. The Morgan fingerprint density at radius 2 is 1.87 bits per heavy atom. The van der Waals surface area contributed by atoms with Crippen LogP contribution in [0.1, 0.15) is 30.9 Å². The second-order valence-electron chi connectivity index (χ2n) is 6.82. The first-order chi connectivity index (χ1) is 14.7. The van der Waals surface area contributed by atoms with Crippen LogP contribution in [0.25, 0.3) is 11.1 Å². The number of ether oxygens (including phenoxy) is 2. The summed E-state index contributed by atoms with van der Waals surface area (Å²) in [6.07, 6.45) is -4.45. The highest BCUT2D eigenvalue weighted by molar-refractivity contribution is 5.92. The lowest BCUT2D eigenvalue weighted by Crippen LogP contribution is -2.25. The van der Waals surface area contributed by atoms with Crippen LogP contribution in [0.15, 0.2) is 71.3 Å². The highest BCUT2D eigenvalue weighted by atomic mass is 19.4. The van der Waals surface area contributed by atoms with E-state index in [9.17, 15) is 23.2 Å². The number of hydrogen-bond acceptors (Lipinski definition) is 5. The number of benzene rings is 2. The number of allylic oxidation sites excluding steroid dienone is 2. The molecule has 2 aromatic carbocycles. The van der Waals surface area contributed by atoms with Gasteiger partial charge in [0.2, 0.25) is 5.88 Å². The smallest absolute Gasteiger partial charge is 0.416 e. The van der Waals surface area contributed by atoms with Crippen LogP contribution in [0.3, 0.4) is 0 Å². The fraction of sp³-hybridized carbons (Fsp3) is 0.217. The maximum Gasteiger partial charge on any atom is 0.416 e. The molecule has 0 aromatic heterocycles. The molecule has 1 aliphatic heterocycles. The zero-order valence-electron chi connectivity index (χ0n) is 16.8. The molecule has 5 nitrogen and oxygen atoms in total. The quantitative estimate of drug-likeness (QED) is 0.692. The van der Waals surface area contributed by atoms with E-state index in [1.54, 1.807) is 44.2 Å². The largest absolute Gasteiger partial charge is 0.463 e. The van der Waals surface area contributed by atoms with Crippen LogP contribution < -0.4 is 5.73 Å². The molecule has 0 bridgehead atoms. The number of alkyl halides is 3. The van der Waals surface area contributed by atoms with Crippen molar-refractivity contribution in [3.63, 3.8) is 0 Å². The summed E-state index contributed by atoms with van der Waals surface area (Å²) >= 11 is 0. The van der Waals surface area contributed by atoms with Gasteiger partial charge in [0.1, 0.15) is 17.4 Å². The average Bonchev–Trinajstić information content (AvgIpc) is 2.73. The third kappa shape index (κ3) is 4.40. The van der Waals surface area contributed by atoms with Crippen LogP contribution >= 0.6 is 0 Å². The zero-order chi connectivity index (χ0) is 22.8. The Hall–Kier alpha value is -3.73. The maximum atomic E-state index is 13.0. The molecule has 1 unspecified atom stereocenters. The number of esters is 1. The Morgan fingerprint density at radius 1 is 1.19 bits per heavy atom. The fourth-order valence-electron chi connectivity index (χ4n) is 3.43. The van der Waals surface area contributed by atoms with Gasteiger partial charge in [0.15, 0.2) is 0 Å². The summed E-state index contributed by atoms with van der Waals surface area (Å²) < 4.78 is 49.5. The number of nitrogens with two attached hydrogens (primary N) is 1. The molecule has 31 heavy (non-hydrogen) atoms. The zero-order valence-corrected chi connectivity index (χ0v) is 16.8. The van der Waals surface area contributed by atoms with Crippen LogP contribution in [-0.4, -0.2) is 12.6 Å². The number of nitriles is 1. The van der Waals surface area contributed by atoms with Gasteiger partial charge in [-0.1, -0.05) is 36.4 Å². The predicted molar refractivity (Wildman–Crippen MR) is 107 cm³/mol. The topological polar surface area (TPSA) is 85.3 Å². The van der Waals surface area contributed by atoms with Gasteiger partial charge in [-0.3, -0.25) is 0 Å². The highest BCUT2D eigenvalue weighted by Gasteiger charge is 2.36. The predicted octanol–water partition coefficient (Wildman–Crippen LogP) is 5.02. The van der Waals surface area contributed by atoms with E-state index in [-0.39, 0.29) is 29.4 Å². The van der Waals surface area contributed by atoms with Gasteiger partial charge in [-0.25, -0.2) is 4.79 Å². The Kier molecular flexibility index (Phi) is 6.07. The van der Waals surface area contributed by atoms with E-state index in [0.29, 0.717) is 16.7 Å². The normalized spacial score (nSPS) is 16.6. The van der Waals surface area contributed by atoms with E-state index in [1.807, 2.05) is 6.07 Å². The molecule has 1 aliphatic rings. The van der Waals surface area contributed by atoms with E-state index in [4.69, 9.17) is 15.2 Å². The summed E-state index contributed by atoms with van der Waals surface area (Å²) in [5.41, 5.74) is 6.82. The lowest BCUT2D eigenvalue weighted by atomic mass is 9.82. The van der Waals surface area contributed by atoms with Crippen LogP contribution in [0.4, 0.5) is 13.2 Å². The van der Waals surface area contributed by atoms with Crippen LogP contribution in [0, 0.1) is 11.3 Å². The molecule has 2 N–H and O–H groups in total. The van der Waals surface area contributed by atoms with Gasteiger partial charge >= 0.3 is 12.1 Å². The highest BCUT2D eigenvalue weighted by Crippen LogP contribution is 2.40. The first kappa shape index (κ1) is 22.0. The molecular weight excluding hydrogens is 409 g/mol. The Balaban J connectivity index is 2.04. The molecule has 1 heterocycles. The van der Waals surface area contributed by atoms with Gasteiger partial charge in [-0.05, 0) is 42.7 Å². The number of nitrogens with zero attached hydrogens (tertiary/aromatic N) is 1. The first-order valence-corrected chi connectivity index (χ1v) is 9.40. The van der Waals surface area contributed by atoms with Crippen LogP contribution in [0.2, 0.25) is 0 Å². The average molecular weight is 428 g/mol. The monoisotopic (exact) mass is 428 g/mol. The van der Waals surface area contributed by atoms with Gasteiger partial charge in [-0.2, -0.15) is 18.4 Å². The minimum atomic E-state index is -4.45. The summed E-state index contributed by atoms with van der Waals surface area (Å²) in [5.74, 6) is -1.33. The van der Waals surface area contributed by atoms with Crippen molar-refractivity contribution in [2.24, 2.45) is 5.73 Å². The fourth-order valence-corrected chi connectivity index (χ4v) is 3.43. The van der Waals surface area contributed by atoms with E-state index < -0.39 is 23.6 Å². The van der Waals surface area contributed by atoms with E-state index in [2.05, 4.69) is 0 Å². The summed E-state index contributed by atoms with van der Waals surface area (Å²) in [4.78, 5) is 12.5. The summed E-state index contributed by atoms with van der Waals surface area (Å²) in [7, 11) is 0. The van der Waals surface area contributed by atoms with Crippen molar-refractivity contribution in [3.05, 3.63) is 82.4 Å². The van der Waals surface area contributed by atoms with E-state index >= 15 is 0 Å². The van der Waals surface area contributed by atoms with Crippen molar-refractivity contribution < 1.29 is 27.4 Å². The Morgan fingerprint density at radius 3 is 2.45 bits per heavy atom. The number of carbonyl (C=O) groups excluding carboxylic acids is 1. The third-order valence-corrected chi connectivity index (χ3v) is 4.87.